The van der Waals surface area contributed by atoms with E-state index in [-0.39, 0.29) is 5.91 Å². The molecule has 158 valence electrons. The first kappa shape index (κ1) is 19.9. The van der Waals surface area contributed by atoms with Crippen LogP contribution < -0.4 is 10.2 Å². The van der Waals surface area contributed by atoms with Crippen LogP contribution in [0.1, 0.15) is 13.3 Å². The highest BCUT2D eigenvalue weighted by atomic mass is 16.2. The summed E-state index contributed by atoms with van der Waals surface area (Å²) in [4.78, 5) is 25.7. The molecule has 1 fully saturated rings. The number of aryl methyl sites for hydroxylation is 2. The van der Waals surface area contributed by atoms with Crippen molar-refractivity contribution in [2.75, 3.05) is 37.6 Å². The van der Waals surface area contributed by atoms with Crippen molar-refractivity contribution in [3.8, 4) is 0 Å². The van der Waals surface area contributed by atoms with Crippen molar-refractivity contribution >= 4 is 28.6 Å². The van der Waals surface area contributed by atoms with E-state index in [1.165, 1.54) is 0 Å². The third-order valence-electron chi connectivity index (χ3n) is 5.20. The lowest BCUT2D eigenvalue weighted by molar-refractivity contribution is -0.120. The van der Waals surface area contributed by atoms with Gasteiger partial charge in [-0.2, -0.15) is 5.10 Å². The van der Waals surface area contributed by atoms with E-state index in [1.807, 2.05) is 49.6 Å². The topological polar surface area (TPSA) is 83.6 Å². The number of nitrogens with one attached hydrogen (secondary N) is 1. The highest BCUT2D eigenvalue weighted by molar-refractivity contribution is 5.98. The standard InChI is InChI=1S/C21H28N8O/c1-3-22-21(23-9-6-10-28-16-24-18-7-4-5-8-19(18)28)27-11-12-29(20(30)15-27)17-13-25-26(2)14-17/h4-5,7-8,13-14,16H,3,6,9-12,15H2,1-2H3,(H,22,23). The van der Waals surface area contributed by atoms with Crippen molar-refractivity contribution in [3.05, 3.63) is 43.0 Å². The van der Waals surface area contributed by atoms with Crippen LogP contribution >= 0.6 is 0 Å². The summed E-state index contributed by atoms with van der Waals surface area (Å²) in [6.45, 7) is 6.02. The minimum atomic E-state index is 0.0599. The van der Waals surface area contributed by atoms with E-state index in [9.17, 15) is 4.79 Å². The average Bonchev–Trinajstić information content (AvgIpc) is 3.36. The second-order valence-electron chi connectivity index (χ2n) is 7.36. The molecule has 1 aromatic carbocycles. The number of fused-ring (bicyclic) bond motifs is 1. The molecule has 2 aromatic heterocycles. The third-order valence-corrected chi connectivity index (χ3v) is 5.20. The minimum Gasteiger partial charge on any atom is -0.357 e. The van der Waals surface area contributed by atoms with Gasteiger partial charge in [0.1, 0.15) is 6.54 Å². The molecule has 0 saturated carbocycles. The molecule has 0 aliphatic carbocycles. The quantitative estimate of drug-likeness (QED) is 0.379. The van der Waals surface area contributed by atoms with E-state index in [0.29, 0.717) is 19.6 Å². The van der Waals surface area contributed by atoms with Gasteiger partial charge in [-0.15, -0.1) is 0 Å². The van der Waals surface area contributed by atoms with E-state index in [0.717, 1.165) is 48.7 Å². The predicted molar refractivity (Wildman–Crippen MR) is 117 cm³/mol. The van der Waals surface area contributed by atoms with Crippen molar-refractivity contribution in [1.29, 1.82) is 0 Å². The van der Waals surface area contributed by atoms with Gasteiger partial charge in [0, 0.05) is 46.0 Å². The predicted octanol–water partition coefficient (Wildman–Crippen LogP) is 1.47. The Balaban J connectivity index is 1.35. The molecule has 9 nitrogen and oxygen atoms in total. The number of rotatable bonds is 6. The second-order valence-corrected chi connectivity index (χ2v) is 7.36. The fourth-order valence-electron chi connectivity index (χ4n) is 3.71. The van der Waals surface area contributed by atoms with Gasteiger partial charge in [-0.1, -0.05) is 12.1 Å². The molecule has 0 atom stereocenters. The number of aliphatic imine (C=N–C) groups is 1. The number of guanidine groups is 1. The maximum absolute atomic E-state index is 12.7. The number of benzene rings is 1. The molecule has 0 radical (unpaired) electrons. The van der Waals surface area contributed by atoms with E-state index in [2.05, 4.69) is 26.0 Å². The summed E-state index contributed by atoms with van der Waals surface area (Å²) in [5.74, 6) is 0.858. The van der Waals surface area contributed by atoms with Gasteiger partial charge >= 0.3 is 0 Å². The highest BCUT2D eigenvalue weighted by Gasteiger charge is 2.27. The Morgan fingerprint density at radius 1 is 1.27 bits per heavy atom. The van der Waals surface area contributed by atoms with Crippen LogP contribution in [-0.4, -0.2) is 68.8 Å². The molecule has 0 spiro atoms. The van der Waals surface area contributed by atoms with Crippen molar-refractivity contribution in [2.24, 2.45) is 12.0 Å². The number of amides is 1. The summed E-state index contributed by atoms with van der Waals surface area (Å²) >= 11 is 0. The van der Waals surface area contributed by atoms with Crippen LogP contribution in [0.25, 0.3) is 11.0 Å². The zero-order chi connectivity index (χ0) is 20.9. The molecule has 3 heterocycles. The molecular weight excluding hydrogens is 380 g/mol. The summed E-state index contributed by atoms with van der Waals surface area (Å²) in [5.41, 5.74) is 3.00. The van der Waals surface area contributed by atoms with Gasteiger partial charge in [0.2, 0.25) is 5.91 Å². The van der Waals surface area contributed by atoms with Gasteiger partial charge < -0.3 is 19.7 Å². The number of carbonyl (C=O) groups is 1. The van der Waals surface area contributed by atoms with E-state index < -0.39 is 0 Å². The number of piperazine rings is 1. The Hall–Kier alpha value is -3.36. The van der Waals surface area contributed by atoms with Gasteiger partial charge in [0.25, 0.3) is 0 Å². The number of carbonyl (C=O) groups excluding carboxylic acids is 1. The Labute approximate surface area is 176 Å². The van der Waals surface area contributed by atoms with E-state index in [1.54, 1.807) is 15.8 Å². The maximum Gasteiger partial charge on any atom is 0.246 e. The number of anilines is 1. The summed E-state index contributed by atoms with van der Waals surface area (Å²) < 4.78 is 3.87. The summed E-state index contributed by atoms with van der Waals surface area (Å²) in [6, 6.07) is 8.14. The van der Waals surface area contributed by atoms with Crippen molar-refractivity contribution in [1.82, 2.24) is 29.5 Å². The Kier molecular flexibility index (Phi) is 5.97. The van der Waals surface area contributed by atoms with Crippen LogP contribution in [0.4, 0.5) is 5.69 Å². The first-order valence-corrected chi connectivity index (χ1v) is 10.4. The smallest absolute Gasteiger partial charge is 0.246 e. The van der Waals surface area contributed by atoms with Crippen molar-refractivity contribution in [3.63, 3.8) is 0 Å². The van der Waals surface area contributed by atoms with E-state index in [4.69, 9.17) is 4.99 Å². The molecule has 1 aliphatic heterocycles. The van der Waals surface area contributed by atoms with Gasteiger partial charge in [-0.05, 0) is 25.5 Å². The third kappa shape index (κ3) is 4.29. The summed E-state index contributed by atoms with van der Waals surface area (Å²) in [5, 5.41) is 7.49. The Morgan fingerprint density at radius 2 is 2.13 bits per heavy atom. The summed E-state index contributed by atoms with van der Waals surface area (Å²) in [7, 11) is 1.85. The molecule has 1 amide bonds. The minimum absolute atomic E-state index is 0.0599. The first-order chi connectivity index (χ1) is 14.7. The second kappa shape index (κ2) is 8.98. The largest absolute Gasteiger partial charge is 0.357 e. The number of imidazole rings is 1. The molecule has 0 unspecified atom stereocenters. The molecule has 1 saturated heterocycles. The zero-order valence-corrected chi connectivity index (χ0v) is 17.5. The maximum atomic E-state index is 12.7. The summed E-state index contributed by atoms with van der Waals surface area (Å²) in [6.07, 6.45) is 6.38. The normalized spacial score (nSPS) is 15.3. The zero-order valence-electron chi connectivity index (χ0n) is 17.5. The first-order valence-electron chi connectivity index (χ1n) is 10.4. The molecule has 4 rings (SSSR count). The van der Waals surface area contributed by atoms with Crippen LogP contribution in [0.5, 0.6) is 0 Å². The monoisotopic (exact) mass is 408 g/mol. The lowest BCUT2D eigenvalue weighted by Gasteiger charge is -2.35. The number of hydrogen-bond acceptors (Lipinski definition) is 4. The molecule has 9 heteroatoms. The van der Waals surface area contributed by atoms with E-state index >= 15 is 0 Å². The number of nitrogens with zero attached hydrogens (tertiary/aromatic N) is 7. The SMILES string of the molecule is CCNC(=NCCCn1cnc2ccccc21)N1CCN(c2cnn(C)c2)C(=O)C1. The molecule has 1 aliphatic rings. The van der Waals surface area contributed by atoms with Crippen LogP contribution in [-0.2, 0) is 18.4 Å². The Bertz CT molecular complexity index is 1040. The Morgan fingerprint density at radius 3 is 2.90 bits per heavy atom. The van der Waals surface area contributed by atoms with Gasteiger partial charge in [0.05, 0.1) is 29.2 Å². The van der Waals surface area contributed by atoms with Crippen molar-refractivity contribution < 1.29 is 4.79 Å². The molecular formula is C21H28N8O. The van der Waals surface area contributed by atoms with Crippen LogP contribution in [0.3, 0.4) is 0 Å². The lowest BCUT2D eigenvalue weighted by Crippen LogP contribution is -2.55. The lowest BCUT2D eigenvalue weighted by atomic mass is 10.3. The van der Waals surface area contributed by atoms with Gasteiger partial charge in [0.15, 0.2) is 5.96 Å². The number of para-hydroxylation sites is 2. The van der Waals surface area contributed by atoms with Gasteiger partial charge in [-0.25, -0.2) is 4.98 Å². The van der Waals surface area contributed by atoms with Crippen LogP contribution in [0.2, 0.25) is 0 Å². The molecule has 30 heavy (non-hydrogen) atoms. The van der Waals surface area contributed by atoms with Gasteiger partial charge in [-0.3, -0.25) is 14.5 Å². The average molecular weight is 409 g/mol. The molecule has 0 bridgehead atoms. The number of aromatic nitrogens is 4. The van der Waals surface area contributed by atoms with Crippen LogP contribution in [0.15, 0.2) is 48.0 Å². The molecule has 1 N–H and O–H groups in total. The number of hydrogen-bond donors (Lipinski definition) is 1. The fourth-order valence-corrected chi connectivity index (χ4v) is 3.71. The van der Waals surface area contributed by atoms with Crippen molar-refractivity contribution in [2.45, 2.75) is 19.9 Å². The molecule has 3 aromatic rings. The van der Waals surface area contributed by atoms with Crippen LogP contribution in [0, 0.1) is 0 Å². The highest BCUT2D eigenvalue weighted by Crippen LogP contribution is 2.16. The fraction of sp³-hybridized carbons (Fsp3) is 0.429.